The van der Waals surface area contributed by atoms with Gasteiger partial charge in [0.05, 0.1) is 5.69 Å². The van der Waals surface area contributed by atoms with Gasteiger partial charge in [0.15, 0.2) is 0 Å². The Morgan fingerprint density at radius 3 is 3.00 bits per heavy atom. The van der Waals surface area contributed by atoms with Crippen molar-refractivity contribution >= 4 is 11.8 Å². The molecule has 0 aliphatic carbocycles. The van der Waals surface area contributed by atoms with Crippen molar-refractivity contribution in [1.29, 1.82) is 0 Å². The van der Waals surface area contributed by atoms with Gasteiger partial charge < -0.3 is 5.11 Å². The van der Waals surface area contributed by atoms with Gasteiger partial charge in [-0.3, -0.25) is 4.90 Å². The van der Waals surface area contributed by atoms with Gasteiger partial charge in [0.1, 0.15) is 0 Å². The van der Waals surface area contributed by atoms with Crippen molar-refractivity contribution in [3.63, 3.8) is 0 Å². The SMILES string of the molecule is Cc1cccc2c1N(C(=O)O)CCC2. The highest BCUT2D eigenvalue weighted by molar-refractivity contribution is 5.88. The third-order valence-electron chi connectivity index (χ3n) is 2.65. The molecule has 1 aliphatic heterocycles. The maximum atomic E-state index is 11.0. The number of fused-ring (bicyclic) bond motifs is 1. The lowest BCUT2D eigenvalue weighted by atomic mass is 9.99. The second-order valence-corrected chi connectivity index (χ2v) is 3.62. The Kier molecular flexibility index (Phi) is 2.15. The predicted molar refractivity (Wildman–Crippen MR) is 54.9 cm³/mol. The van der Waals surface area contributed by atoms with Gasteiger partial charge in [0.25, 0.3) is 0 Å². The molecule has 3 nitrogen and oxygen atoms in total. The molecule has 0 saturated heterocycles. The van der Waals surface area contributed by atoms with E-state index in [2.05, 4.69) is 0 Å². The monoisotopic (exact) mass is 191 g/mol. The Bertz CT molecular complexity index is 374. The van der Waals surface area contributed by atoms with Crippen LogP contribution in [0.25, 0.3) is 0 Å². The second kappa shape index (κ2) is 3.33. The minimum Gasteiger partial charge on any atom is -0.465 e. The highest BCUT2D eigenvalue weighted by atomic mass is 16.4. The summed E-state index contributed by atoms with van der Waals surface area (Å²) in [5.74, 6) is 0. The van der Waals surface area contributed by atoms with Crippen LogP contribution in [0.4, 0.5) is 10.5 Å². The lowest BCUT2D eigenvalue weighted by molar-refractivity contribution is 0.201. The summed E-state index contributed by atoms with van der Waals surface area (Å²) in [6, 6.07) is 5.96. The van der Waals surface area contributed by atoms with E-state index in [1.165, 1.54) is 4.90 Å². The van der Waals surface area contributed by atoms with E-state index in [-0.39, 0.29) is 0 Å². The third kappa shape index (κ3) is 1.35. The number of nitrogens with zero attached hydrogens (tertiary/aromatic N) is 1. The molecular formula is C11H13NO2. The van der Waals surface area contributed by atoms with E-state index in [4.69, 9.17) is 5.11 Å². The van der Waals surface area contributed by atoms with Crippen LogP contribution in [0.1, 0.15) is 17.5 Å². The summed E-state index contributed by atoms with van der Waals surface area (Å²) in [7, 11) is 0. The average Bonchev–Trinajstić information content (AvgIpc) is 2.17. The van der Waals surface area contributed by atoms with Gasteiger partial charge in [-0.2, -0.15) is 0 Å². The highest BCUT2D eigenvalue weighted by Gasteiger charge is 2.22. The van der Waals surface area contributed by atoms with Crippen molar-refractivity contribution in [1.82, 2.24) is 0 Å². The molecule has 1 heterocycles. The zero-order valence-electron chi connectivity index (χ0n) is 8.16. The first-order valence-electron chi connectivity index (χ1n) is 4.79. The van der Waals surface area contributed by atoms with Gasteiger partial charge in [-0.1, -0.05) is 18.2 Å². The number of para-hydroxylation sites is 1. The van der Waals surface area contributed by atoms with E-state index in [0.29, 0.717) is 6.54 Å². The molecule has 74 valence electrons. The van der Waals surface area contributed by atoms with Crippen LogP contribution >= 0.6 is 0 Å². The smallest absolute Gasteiger partial charge is 0.411 e. The summed E-state index contributed by atoms with van der Waals surface area (Å²) in [4.78, 5) is 12.4. The molecule has 0 aromatic heterocycles. The van der Waals surface area contributed by atoms with Crippen molar-refractivity contribution < 1.29 is 9.90 Å². The number of aryl methyl sites for hydroxylation is 2. The molecule has 1 aliphatic rings. The number of amides is 1. The molecule has 3 heteroatoms. The van der Waals surface area contributed by atoms with E-state index in [0.717, 1.165) is 29.7 Å². The maximum Gasteiger partial charge on any atom is 0.411 e. The fourth-order valence-electron chi connectivity index (χ4n) is 2.04. The molecule has 0 radical (unpaired) electrons. The number of carboxylic acid groups (broad SMARTS) is 1. The van der Waals surface area contributed by atoms with Crippen molar-refractivity contribution in [3.05, 3.63) is 29.3 Å². The predicted octanol–water partition coefficient (Wildman–Crippen LogP) is 2.43. The molecule has 14 heavy (non-hydrogen) atoms. The number of hydrogen-bond acceptors (Lipinski definition) is 1. The molecule has 1 N–H and O–H groups in total. The van der Waals surface area contributed by atoms with Crippen LogP contribution < -0.4 is 4.90 Å². The van der Waals surface area contributed by atoms with Gasteiger partial charge in [0, 0.05) is 6.54 Å². The highest BCUT2D eigenvalue weighted by Crippen LogP contribution is 2.30. The number of benzene rings is 1. The Morgan fingerprint density at radius 1 is 1.50 bits per heavy atom. The van der Waals surface area contributed by atoms with Gasteiger partial charge in [-0.15, -0.1) is 0 Å². The summed E-state index contributed by atoms with van der Waals surface area (Å²) < 4.78 is 0. The minimum absolute atomic E-state index is 0.618. The van der Waals surface area contributed by atoms with Crippen LogP contribution in [0.5, 0.6) is 0 Å². The number of carbonyl (C=O) groups is 1. The zero-order chi connectivity index (χ0) is 10.1. The maximum absolute atomic E-state index is 11.0. The van der Waals surface area contributed by atoms with Gasteiger partial charge in [-0.25, -0.2) is 4.79 Å². The lowest BCUT2D eigenvalue weighted by Crippen LogP contribution is -2.34. The molecular weight excluding hydrogens is 178 g/mol. The molecule has 0 unspecified atom stereocenters. The van der Waals surface area contributed by atoms with Crippen molar-refractivity contribution in [3.8, 4) is 0 Å². The van der Waals surface area contributed by atoms with Crippen LogP contribution in [-0.2, 0) is 6.42 Å². The quantitative estimate of drug-likeness (QED) is 0.684. The normalized spacial score (nSPS) is 15.1. The zero-order valence-corrected chi connectivity index (χ0v) is 8.16. The van der Waals surface area contributed by atoms with Crippen molar-refractivity contribution in [2.45, 2.75) is 19.8 Å². The molecule has 0 bridgehead atoms. The summed E-state index contributed by atoms with van der Waals surface area (Å²) >= 11 is 0. The standard InChI is InChI=1S/C11H13NO2/c1-8-4-2-5-9-6-3-7-12(10(8)9)11(13)14/h2,4-5H,3,6-7H2,1H3,(H,13,14). The molecule has 1 aromatic carbocycles. The third-order valence-corrected chi connectivity index (χ3v) is 2.65. The first kappa shape index (κ1) is 9.06. The van der Waals surface area contributed by atoms with E-state index in [1.807, 2.05) is 25.1 Å². The van der Waals surface area contributed by atoms with E-state index >= 15 is 0 Å². The van der Waals surface area contributed by atoms with Gasteiger partial charge in [-0.05, 0) is 30.9 Å². The number of anilines is 1. The van der Waals surface area contributed by atoms with Crippen LogP contribution in [-0.4, -0.2) is 17.7 Å². The van der Waals surface area contributed by atoms with Crippen LogP contribution in [0, 0.1) is 6.92 Å². The van der Waals surface area contributed by atoms with Crippen LogP contribution in [0.15, 0.2) is 18.2 Å². The largest absolute Gasteiger partial charge is 0.465 e. The second-order valence-electron chi connectivity index (χ2n) is 3.62. The summed E-state index contributed by atoms with van der Waals surface area (Å²) in [5.41, 5.74) is 3.09. The first-order chi connectivity index (χ1) is 6.70. The summed E-state index contributed by atoms with van der Waals surface area (Å²) in [5, 5.41) is 9.04. The Morgan fingerprint density at radius 2 is 2.29 bits per heavy atom. The number of hydrogen-bond donors (Lipinski definition) is 1. The van der Waals surface area contributed by atoms with E-state index in [9.17, 15) is 4.79 Å². The molecule has 0 spiro atoms. The summed E-state index contributed by atoms with van der Waals surface area (Å²) in [6.45, 7) is 2.58. The molecule has 1 aromatic rings. The Labute approximate surface area is 83.0 Å². The Hall–Kier alpha value is -1.51. The molecule has 1 amide bonds. The molecule has 0 atom stereocenters. The fourth-order valence-corrected chi connectivity index (χ4v) is 2.04. The van der Waals surface area contributed by atoms with E-state index in [1.54, 1.807) is 0 Å². The molecule has 0 saturated carbocycles. The lowest BCUT2D eigenvalue weighted by Gasteiger charge is -2.28. The summed E-state index contributed by atoms with van der Waals surface area (Å²) in [6.07, 6.45) is 1.06. The van der Waals surface area contributed by atoms with Crippen LogP contribution in [0.3, 0.4) is 0 Å². The minimum atomic E-state index is -0.847. The average molecular weight is 191 g/mol. The fraction of sp³-hybridized carbons (Fsp3) is 0.364. The molecule has 0 fully saturated rings. The topological polar surface area (TPSA) is 40.5 Å². The Balaban J connectivity index is 2.52. The van der Waals surface area contributed by atoms with Gasteiger partial charge in [0.2, 0.25) is 0 Å². The number of rotatable bonds is 0. The van der Waals surface area contributed by atoms with Crippen LogP contribution in [0.2, 0.25) is 0 Å². The first-order valence-corrected chi connectivity index (χ1v) is 4.79. The van der Waals surface area contributed by atoms with Crippen molar-refractivity contribution in [2.24, 2.45) is 0 Å². The van der Waals surface area contributed by atoms with Crippen molar-refractivity contribution in [2.75, 3.05) is 11.4 Å². The molecule has 2 rings (SSSR count). The van der Waals surface area contributed by atoms with Gasteiger partial charge >= 0.3 is 6.09 Å². The van der Waals surface area contributed by atoms with E-state index < -0.39 is 6.09 Å².